The SMILES string of the molecule is c1ccc2c(SCc3nnc(-c4ccc(OCCCN5CCCCC5)cc4)o3)cccc2c1. The van der Waals surface area contributed by atoms with Gasteiger partial charge in [-0.2, -0.15) is 0 Å². The number of thioether (sulfide) groups is 1. The highest BCUT2D eigenvalue weighted by Crippen LogP contribution is 2.30. The van der Waals surface area contributed by atoms with Crippen molar-refractivity contribution in [1.82, 2.24) is 15.1 Å². The molecule has 33 heavy (non-hydrogen) atoms. The number of likely N-dealkylation sites (tertiary alicyclic amines) is 1. The van der Waals surface area contributed by atoms with Crippen LogP contribution in [0.5, 0.6) is 5.75 Å². The second-order valence-corrected chi connectivity index (χ2v) is 9.41. The van der Waals surface area contributed by atoms with Crippen molar-refractivity contribution in [2.24, 2.45) is 0 Å². The summed E-state index contributed by atoms with van der Waals surface area (Å²) in [6.45, 7) is 4.34. The van der Waals surface area contributed by atoms with Crippen LogP contribution in [0.3, 0.4) is 0 Å². The van der Waals surface area contributed by atoms with E-state index in [2.05, 4.69) is 57.6 Å². The van der Waals surface area contributed by atoms with Gasteiger partial charge in [-0.25, -0.2) is 0 Å². The molecular weight excluding hydrogens is 430 g/mol. The first-order chi connectivity index (χ1) is 16.3. The van der Waals surface area contributed by atoms with Crippen LogP contribution in [0, 0.1) is 0 Å². The number of hydrogen-bond donors (Lipinski definition) is 0. The van der Waals surface area contributed by atoms with Gasteiger partial charge in [-0.3, -0.25) is 0 Å². The number of hydrogen-bond acceptors (Lipinski definition) is 6. The van der Waals surface area contributed by atoms with Gasteiger partial charge < -0.3 is 14.1 Å². The summed E-state index contributed by atoms with van der Waals surface area (Å²) in [5.41, 5.74) is 0.907. The van der Waals surface area contributed by atoms with E-state index in [1.54, 1.807) is 11.8 Å². The van der Waals surface area contributed by atoms with Crippen LogP contribution in [0.2, 0.25) is 0 Å². The summed E-state index contributed by atoms with van der Waals surface area (Å²) in [5, 5.41) is 11.0. The number of aromatic nitrogens is 2. The lowest BCUT2D eigenvalue weighted by Crippen LogP contribution is -2.31. The zero-order valence-electron chi connectivity index (χ0n) is 18.8. The maximum Gasteiger partial charge on any atom is 0.247 e. The van der Waals surface area contributed by atoms with Crippen molar-refractivity contribution in [3.8, 4) is 17.2 Å². The van der Waals surface area contributed by atoms with Crippen LogP contribution in [-0.2, 0) is 5.75 Å². The van der Waals surface area contributed by atoms with Crippen LogP contribution in [0.4, 0.5) is 0 Å². The Labute approximate surface area is 199 Å². The quantitative estimate of drug-likeness (QED) is 0.212. The maximum absolute atomic E-state index is 5.92. The first kappa shape index (κ1) is 22.0. The Bertz CT molecular complexity index is 1160. The molecule has 1 aliphatic rings. The molecule has 5 rings (SSSR count). The zero-order valence-corrected chi connectivity index (χ0v) is 19.6. The lowest BCUT2D eigenvalue weighted by atomic mass is 10.1. The lowest BCUT2D eigenvalue weighted by molar-refractivity contribution is 0.205. The van der Waals surface area contributed by atoms with Gasteiger partial charge in [-0.15, -0.1) is 22.0 Å². The number of rotatable bonds is 9. The molecule has 0 N–H and O–H groups in total. The van der Waals surface area contributed by atoms with Crippen LogP contribution >= 0.6 is 11.8 Å². The van der Waals surface area contributed by atoms with Gasteiger partial charge in [0.05, 0.1) is 12.4 Å². The van der Waals surface area contributed by atoms with Gasteiger partial charge in [0.25, 0.3) is 0 Å². The Hall–Kier alpha value is -2.83. The molecule has 4 aromatic rings. The predicted octanol–water partition coefficient (Wildman–Crippen LogP) is 6.44. The highest BCUT2D eigenvalue weighted by molar-refractivity contribution is 7.98. The molecule has 0 amide bonds. The van der Waals surface area contributed by atoms with Crippen LogP contribution < -0.4 is 4.74 Å². The van der Waals surface area contributed by atoms with Gasteiger partial charge in [-0.05, 0) is 73.5 Å². The highest BCUT2D eigenvalue weighted by Gasteiger charge is 2.11. The molecule has 0 aliphatic carbocycles. The molecule has 3 aromatic carbocycles. The van der Waals surface area contributed by atoms with E-state index in [1.807, 2.05) is 24.3 Å². The number of nitrogens with zero attached hydrogens (tertiary/aromatic N) is 3. The third-order valence-electron chi connectivity index (χ3n) is 6.00. The van der Waals surface area contributed by atoms with Crippen molar-refractivity contribution >= 4 is 22.5 Å². The first-order valence-corrected chi connectivity index (χ1v) is 12.7. The smallest absolute Gasteiger partial charge is 0.247 e. The fraction of sp³-hybridized carbons (Fsp3) is 0.333. The summed E-state index contributed by atoms with van der Waals surface area (Å²) < 4.78 is 11.8. The van der Waals surface area contributed by atoms with E-state index in [4.69, 9.17) is 9.15 Å². The third-order valence-corrected chi connectivity index (χ3v) is 7.06. The fourth-order valence-electron chi connectivity index (χ4n) is 4.24. The van der Waals surface area contributed by atoms with Crippen molar-refractivity contribution in [3.05, 3.63) is 72.6 Å². The average Bonchev–Trinajstić information content (AvgIpc) is 3.35. The molecule has 1 saturated heterocycles. The molecule has 0 radical (unpaired) electrons. The van der Waals surface area contributed by atoms with Crippen molar-refractivity contribution in [2.75, 3.05) is 26.2 Å². The fourth-order valence-corrected chi connectivity index (χ4v) is 5.16. The van der Waals surface area contributed by atoms with Gasteiger partial charge in [0.2, 0.25) is 11.8 Å². The van der Waals surface area contributed by atoms with Crippen LogP contribution in [-0.4, -0.2) is 41.3 Å². The molecule has 0 spiro atoms. The highest BCUT2D eigenvalue weighted by atomic mass is 32.2. The normalized spacial score (nSPS) is 14.5. The Morgan fingerprint density at radius 3 is 2.58 bits per heavy atom. The lowest BCUT2D eigenvalue weighted by Gasteiger charge is -2.26. The van der Waals surface area contributed by atoms with Gasteiger partial charge in [0.15, 0.2) is 0 Å². The zero-order chi connectivity index (χ0) is 22.3. The molecule has 6 heteroatoms. The minimum atomic E-state index is 0.542. The van der Waals surface area contributed by atoms with Gasteiger partial charge in [0.1, 0.15) is 5.75 Å². The van der Waals surface area contributed by atoms with Crippen molar-refractivity contribution in [1.29, 1.82) is 0 Å². The predicted molar refractivity (Wildman–Crippen MR) is 134 cm³/mol. The van der Waals surface area contributed by atoms with Crippen molar-refractivity contribution in [2.45, 2.75) is 36.3 Å². The molecule has 0 unspecified atom stereocenters. The summed E-state index contributed by atoms with van der Waals surface area (Å²) in [7, 11) is 0. The van der Waals surface area contributed by atoms with Crippen molar-refractivity contribution in [3.63, 3.8) is 0 Å². The second kappa shape index (κ2) is 10.9. The van der Waals surface area contributed by atoms with Crippen LogP contribution in [0.1, 0.15) is 31.6 Å². The topological polar surface area (TPSA) is 51.4 Å². The number of fused-ring (bicyclic) bond motifs is 1. The van der Waals surface area contributed by atoms with E-state index < -0.39 is 0 Å². The molecule has 2 heterocycles. The molecule has 1 aliphatic heterocycles. The largest absolute Gasteiger partial charge is 0.494 e. The van der Waals surface area contributed by atoms with Crippen LogP contribution in [0.15, 0.2) is 76.0 Å². The summed E-state index contributed by atoms with van der Waals surface area (Å²) in [5.74, 6) is 2.68. The molecule has 5 nitrogen and oxygen atoms in total. The monoisotopic (exact) mass is 459 g/mol. The average molecular weight is 460 g/mol. The molecule has 0 bridgehead atoms. The van der Waals surface area contributed by atoms with E-state index in [9.17, 15) is 0 Å². The molecule has 1 aromatic heterocycles. The van der Waals surface area contributed by atoms with Crippen molar-refractivity contribution < 1.29 is 9.15 Å². The minimum Gasteiger partial charge on any atom is -0.494 e. The Kier molecular flexibility index (Phi) is 7.23. The second-order valence-electron chi connectivity index (χ2n) is 8.40. The Morgan fingerprint density at radius 2 is 1.70 bits per heavy atom. The molecule has 0 atom stereocenters. The Balaban J connectivity index is 1.13. The number of piperidine rings is 1. The van der Waals surface area contributed by atoms with Gasteiger partial charge in [0, 0.05) is 17.0 Å². The summed E-state index contributed by atoms with van der Waals surface area (Å²) in [6.07, 6.45) is 5.11. The first-order valence-electron chi connectivity index (χ1n) is 11.7. The van der Waals surface area contributed by atoms with E-state index in [-0.39, 0.29) is 0 Å². The van der Waals surface area contributed by atoms with Gasteiger partial charge in [-0.1, -0.05) is 42.8 Å². The molecule has 1 fully saturated rings. The summed E-state index contributed by atoms with van der Waals surface area (Å²) in [6, 6.07) is 22.7. The molecule has 0 saturated carbocycles. The third kappa shape index (κ3) is 5.75. The number of ether oxygens (including phenoxy) is 1. The molecular formula is C27H29N3O2S. The van der Waals surface area contributed by atoms with E-state index in [1.165, 1.54) is 48.0 Å². The Morgan fingerprint density at radius 1 is 0.879 bits per heavy atom. The molecule has 170 valence electrons. The van der Waals surface area contributed by atoms with E-state index in [0.29, 0.717) is 17.5 Å². The van der Waals surface area contributed by atoms with E-state index >= 15 is 0 Å². The summed E-state index contributed by atoms with van der Waals surface area (Å²) >= 11 is 1.72. The van der Waals surface area contributed by atoms with E-state index in [0.717, 1.165) is 30.9 Å². The van der Waals surface area contributed by atoms with Crippen LogP contribution in [0.25, 0.3) is 22.2 Å². The van der Waals surface area contributed by atoms with Gasteiger partial charge >= 0.3 is 0 Å². The maximum atomic E-state index is 5.92. The number of benzene rings is 3. The minimum absolute atomic E-state index is 0.542. The standard InChI is InChI=1S/C27H29N3O2S/c1-4-16-30(17-5-1)18-7-19-31-23-14-12-22(13-15-23)27-29-28-26(32-27)20-33-25-11-6-9-21-8-2-3-10-24(21)25/h2-3,6,8-15H,1,4-5,7,16-20H2. The summed E-state index contributed by atoms with van der Waals surface area (Å²) in [4.78, 5) is 3.76.